The molecule has 0 radical (unpaired) electrons. The summed E-state index contributed by atoms with van der Waals surface area (Å²) >= 11 is 0. The second kappa shape index (κ2) is 6.00. The average Bonchev–Trinajstić information content (AvgIpc) is 2.45. The van der Waals surface area contributed by atoms with E-state index in [-0.39, 0.29) is 11.6 Å². The fourth-order valence-electron chi connectivity index (χ4n) is 2.49. The number of carbonyl (C=O) groups is 1. The summed E-state index contributed by atoms with van der Waals surface area (Å²) in [4.78, 5) is 24.4. The molecule has 1 amide bonds. The van der Waals surface area contributed by atoms with Gasteiger partial charge in [0.15, 0.2) is 0 Å². The summed E-state index contributed by atoms with van der Waals surface area (Å²) in [6.45, 7) is 2.71. The lowest BCUT2D eigenvalue weighted by atomic mass is 10.0. The highest BCUT2D eigenvalue weighted by Crippen LogP contribution is 2.22. The van der Waals surface area contributed by atoms with Crippen molar-refractivity contribution in [2.24, 2.45) is 0 Å². The second-order valence-electron chi connectivity index (χ2n) is 5.00. The Labute approximate surface area is 117 Å². The van der Waals surface area contributed by atoms with Gasteiger partial charge < -0.3 is 10.0 Å². The van der Waals surface area contributed by atoms with Gasteiger partial charge in [-0.15, -0.1) is 0 Å². The first-order chi connectivity index (χ1) is 9.52. The standard InChI is InChI=1S/C14H18N2O4/c1-2-10-5-6-11(8-13(10)16(19)20)14(18)15-7-3-4-12(17)9-15/h5-6,8,12,17H,2-4,7,9H2,1H3. The minimum absolute atomic E-state index is 0.0177. The summed E-state index contributed by atoms with van der Waals surface area (Å²) in [5, 5.41) is 20.6. The maximum Gasteiger partial charge on any atom is 0.273 e. The van der Waals surface area contributed by atoms with Crippen LogP contribution < -0.4 is 0 Å². The quantitative estimate of drug-likeness (QED) is 0.674. The van der Waals surface area contributed by atoms with Gasteiger partial charge >= 0.3 is 0 Å². The van der Waals surface area contributed by atoms with Crippen LogP contribution in [-0.4, -0.2) is 40.0 Å². The number of rotatable bonds is 3. The zero-order chi connectivity index (χ0) is 14.7. The number of carbonyl (C=O) groups excluding carboxylic acids is 1. The summed E-state index contributed by atoms with van der Waals surface area (Å²) in [6.07, 6.45) is 1.49. The molecular formula is C14H18N2O4. The molecule has 1 unspecified atom stereocenters. The van der Waals surface area contributed by atoms with Crippen LogP contribution in [0.3, 0.4) is 0 Å². The van der Waals surface area contributed by atoms with Crippen molar-refractivity contribution in [1.82, 2.24) is 4.90 Å². The first-order valence-corrected chi connectivity index (χ1v) is 6.77. The van der Waals surface area contributed by atoms with Gasteiger partial charge in [-0.25, -0.2) is 0 Å². The van der Waals surface area contributed by atoms with E-state index in [2.05, 4.69) is 0 Å². The van der Waals surface area contributed by atoms with Gasteiger partial charge in [-0.1, -0.05) is 13.0 Å². The average molecular weight is 278 g/mol. The monoisotopic (exact) mass is 278 g/mol. The van der Waals surface area contributed by atoms with Crippen LogP contribution in [0.25, 0.3) is 0 Å². The molecule has 6 heteroatoms. The summed E-state index contributed by atoms with van der Waals surface area (Å²) in [5.41, 5.74) is 0.907. The number of nitrogens with zero attached hydrogens (tertiary/aromatic N) is 2. The smallest absolute Gasteiger partial charge is 0.273 e. The van der Waals surface area contributed by atoms with Crippen LogP contribution in [0.5, 0.6) is 0 Å². The van der Waals surface area contributed by atoms with Crippen LogP contribution in [0.15, 0.2) is 18.2 Å². The zero-order valence-electron chi connectivity index (χ0n) is 11.4. The number of β-amino-alcohol motifs (C(OH)–C–C–N with tert-alkyl or cyclic N) is 1. The highest BCUT2D eigenvalue weighted by Gasteiger charge is 2.24. The van der Waals surface area contributed by atoms with E-state index in [1.165, 1.54) is 6.07 Å². The van der Waals surface area contributed by atoms with Crippen molar-refractivity contribution >= 4 is 11.6 Å². The number of piperidine rings is 1. The van der Waals surface area contributed by atoms with Crippen LogP contribution >= 0.6 is 0 Å². The molecular weight excluding hydrogens is 260 g/mol. The number of hydrogen-bond acceptors (Lipinski definition) is 4. The topological polar surface area (TPSA) is 83.7 Å². The first kappa shape index (κ1) is 14.5. The van der Waals surface area contributed by atoms with Gasteiger partial charge in [-0.05, 0) is 25.3 Å². The van der Waals surface area contributed by atoms with E-state index < -0.39 is 11.0 Å². The van der Waals surface area contributed by atoms with Gasteiger partial charge in [0.1, 0.15) is 0 Å². The van der Waals surface area contributed by atoms with Crippen LogP contribution in [0.4, 0.5) is 5.69 Å². The molecule has 1 heterocycles. The van der Waals surface area contributed by atoms with E-state index in [9.17, 15) is 20.0 Å². The first-order valence-electron chi connectivity index (χ1n) is 6.77. The number of hydrogen-bond donors (Lipinski definition) is 1. The van der Waals surface area contributed by atoms with Crippen molar-refractivity contribution in [3.8, 4) is 0 Å². The highest BCUT2D eigenvalue weighted by atomic mass is 16.6. The Hall–Kier alpha value is -1.95. The Morgan fingerprint density at radius 1 is 1.55 bits per heavy atom. The SMILES string of the molecule is CCc1ccc(C(=O)N2CCCC(O)C2)cc1[N+](=O)[O-]. The van der Waals surface area contributed by atoms with Crippen molar-refractivity contribution in [2.45, 2.75) is 32.3 Å². The molecule has 1 N–H and O–H groups in total. The maximum atomic E-state index is 12.3. The normalized spacial score (nSPS) is 18.9. The number of nitro groups is 1. The van der Waals surface area contributed by atoms with Crippen molar-refractivity contribution in [1.29, 1.82) is 0 Å². The molecule has 1 aliphatic heterocycles. The predicted molar refractivity (Wildman–Crippen MR) is 73.6 cm³/mol. The van der Waals surface area contributed by atoms with Crippen LogP contribution in [0.1, 0.15) is 35.7 Å². The molecule has 1 aliphatic rings. The third kappa shape index (κ3) is 2.96. The molecule has 1 atom stereocenters. The predicted octanol–water partition coefficient (Wildman–Crippen LogP) is 1.75. The van der Waals surface area contributed by atoms with Gasteiger partial charge in [-0.3, -0.25) is 14.9 Å². The van der Waals surface area contributed by atoms with E-state index in [4.69, 9.17) is 0 Å². The maximum absolute atomic E-state index is 12.3. The van der Waals surface area contributed by atoms with E-state index in [0.29, 0.717) is 37.1 Å². The number of benzene rings is 1. The largest absolute Gasteiger partial charge is 0.391 e. The lowest BCUT2D eigenvalue weighted by Crippen LogP contribution is -2.42. The molecule has 108 valence electrons. The molecule has 0 saturated carbocycles. The van der Waals surface area contributed by atoms with Gasteiger partial charge in [0, 0.05) is 30.3 Å². The summed E-state index contributed by atoms with van der Waals surface area (Å²) in [6, 6.07) is 4.59. The number of amides is 1. The van der Waals surface area contributed by atoms with Gasteiger partial charge in [0.2, 0.25) is 0 Å². The van der Waals surface area contributed by atoms with E-state index in [1.54, 1.807) is 17.0 Å². The lowest BCUT2D eigenvalue weighted by molar-refractivity contribution is -0.385. The Morgan fingerprint density at radius 3 is 2.90 bits per heavy atom. The molecule has 0 aliphatic carbocycles. The Balaban J connectivity index is 2.26. The summed E-state index contributed by atoms with van der Waals surface area (Å²) < 4.78 is 0. The molecule has 1 aromatic rings. The number of aliphatic hydroxyl groups is 1. The van der Waals surface area contributed by atoms with Gasteiger partial charge in [0.25, 0.3) is 11.6 Å². The minimum Gasteiger partial charge on any atom is -0.391 e. The molecule has 20 heavy (non-hydrogen) atoms. The minimum atomic E-state index is -0.502. The van der Waals surface area contributed by atoms with Crippen molar-refractivity contribution in [2.75, 3.05) is 13.1 Å². The molecule has 1 fully saturated rings. The highest BCUT2D eigenvalue weighted by molar-refractivity contribution is 5.95. The molecule has 0 aromatic heterocycles. The van der Waals surface area contributed by atoms with Gasteiger partial charge in [-0.2, -0.15) is 0 Å². The van der Waals surface area contributed by atoms with Gasteiger partial charge in [0.05, 0.1) is 11.0 Å². The van der Waals surface area contributed by atoms with Crippen LogP contribution in [0, 0.1) is 10.1 Å². The molecule has 1 aromatic carbocycles. The molecule has 0 spiro atoms. The third-order valence-electron chi connectivity index (χ3n) is 3.59. The second-order valence-corrected chi connectivity index (χ2v) is 5.00. The lowest BCUT2D eigenvalue weighted by Gasteiger charge is -2.30. The fraction of sp³-hybridized carbons (Fsp3) is 0.500. The number of aliphatic hydroxyl groups excluding tert-OH is 1. The summed E-state index contributed by atoms with van der Waals surface area (Å²) in [5.74, 6) is -0.255. The molecule has 6 nitrogen and oxygen atoms in total. The number of likely N-dealkylation sites (tertiary alicyclic amines) is 1. The molecule has 1 saturated heterocycles. The molecule has 0 bridgehead atoms. The Bertz CT molecular complexity index is 530. The van der Waals surface area contributed by atoms with Crippen LogP contribution in [-0.2, 0) is 6.42 Å². The molecule has 2 rings (SSSR count). The number of nitro benzene ring substituents is 1. The van der Waals surface area contributed by atoms with E-state index in [0.717, 1.165) is 6.42 Å². The number of aryl methyl sites for hydroxylation is 1. The Morgan fingerprint density at radius 2 is 2.30 bits per heavy atom. The summed E-state index contributed by atoms with van der Waals surface area (Å²) in [7, 11) is 0. The van der Waals surface area contributed by atoms with E-state index in [1.807, 2.05) is 6.92 Å². The zero-order valence-corrected chi connectivity index (χ0v) is 11.4. The van der Waals surface area contributed by atoms with Crippen molar-refractivity contribution < 1.29 is 14.8 Å². The van der Waals surface area contributed by atoms with Crippen LogP contribution in [0.2, 0.25) is 0 Å². The Kier molecular flexibility index (Phi) is 4.34. The van der Waals surface area contributed by atoms with Crippen molar-refractivity contribution in [3.63, 3.8) is 0 Å². The third-order valence-corrected chi connectivity index (χ3v) is 3.59. The van der Waals surface area contributed by atoms with Crippen molar-refractivity contribution in [3.05, 3.63) is 39.4 Å². The van der Waals surface area contributed by atoms with E-state index >= 15 is 0 Å². The fourth-order valence-corrected chi connectivity index (χ4v) is 2.49.